The number of benzene rings is 2. The first-order chi connectivity index (χ1) is 10.8. The number of aromatic hydroxyl groups is 1. The van der Waals surface area contributed by atoms with Crippen molar-refractivity contribution in [1.82, 2.24) is 4.37 Å². The molecule has 0 spiro atoms. The van der Waals surface area contributed by atoms with Crippen molar-refractivity contribution in [3.05, 3.63) is 66.0 Å². The summed E-state index contributed by atoms with van der Waals surface area (Å²) in [6.45, 7) is 7.05. The first kappa shape index (κ1) is 13.9. The molecular weight excluding hydrogens is 296 g/mol. The van der Waals surface area contributed by atoms with Gasteiger partial charge in [0.05, 0.1) is 6.57 Å². The lowest BCUT2D eigenvalue weighted by molar-refractivity contribution is 0.463. The zero-order chi connectivity index (χ0) is 15.4. The van der Waals surface area contributed by atoms with E-state index in [4.69, 9.17) is 6.57 Å². The monoisotopic (exact) mass is 308 g/mol. The number of nitrogens with zero attached hydrogens (tertiary/aromatic N) is 2. The average Bonchev–Trinajstić information content (AvgIpc) is 2.90. The third-order valence-electron chi connectivity index (χ3n) is 2.97. The highest BCUT2D eigenvalue weighted by molar-refractivity contribution is 7.11. The van der Waals surface area contributed by atoms with Gasteiger partial charge in [-0.15, -0.1) is 0 Å². The highest BCUT2D eigenvalue weighted by Crippen LogP contribution is 2.39. The normalized spacial score (nSPS) is 9.95. The number of hydrogen-bond acceptors (Lipinski definition) is 5. The summed E-state index contributed by atoms with van der Waals surface area (Å²) >= 11 is 1.06. The molecule has 0 saturated heterocycles. The fraction of sp³-hybridized carbons (Fsp3) is 0. The molecule has 22 heavy (non-hydrogen) atoms. The summed E-state index contributed by atoms with van der Waals surface area (Å²) in [6, 6.07) is 17.6. The zero-order valence-corrected chi connectivity index (χ0v) is 12.3. The van der Waals surface area contributed by atoms with Gasteiger partial charge in [-0.05, 0) is 47.9 Å². The maximum Gasteiger partial charge on any atom is 0.281 e. The van der Waals surface area contributed by atoms with Crippen LogP contribution in [-0.2, 0) is 0 Å². The molecule has 0 aliphatic carbocycles. The Labute approximate surface area is 131 Å². The van der Waals surface area contributed by atoms with Crippen molar-refractivity contribution in [3.63, 3.8) is 0 Å². The molecule has 3 N–H and O–H groups in total. The number of hydrogen-bond donors (Lipinski definition) is 3. The van der Waals surface area contributed by atoms with E-state index in [2.05, 4.69) is 19.9 Å². The lowest BCUT2D eigenvalue weighted by atomic mass is 10.2. The molecule has 3 rings (SSSR count). The Morgan fingerprint density at radius 2 is 1.50 bits per heavy atom. The van der Waals surface area contributed by atoms with Crippen molar-refractivity contribution in [2.45, 2.75) is 0 Å². The molecule has 0 unspecified atom stereocenters. The van der Waals surface area contributed by atoms with E-state index in [9.17, 15) is 5.11 Å². The lowest BCUT2D eigenvalue weighted by Crippen LogP contribution is -1.91. The number of para-hydroxylation sites is 1. The third-order valence-corrected chi connectivity index (χ3v) is 3.71. The molecule has 1 heterocycles. The first-order valence-electron chi connectivity index (χ1n) is 6.51. The Bertz CT molecular complexity index is 806. The van der Waals surface area contributed by atoms with Crippen molar-refractivity contribution in [2.24, 2.45) is 0 Å². The second-order valence-corrected chi connectivity index (χ2v) is 5.26. The molecule has 108 valence electrons. The molecule has 0 amide bonds. The molecule has 6 heteroatoms. The van der Waals surface area contributed by atoms with Gasteiger partial charge in [0.2, 0.25) is 5.88 Å². The van der Waals surface area contributed by atoms with E-state index in [-0.39, 0.29) is 11.6 Å². The Morgan fingerprint density at radius 3 is 2.14 bits per heavy atom. The topological polar surface area (TPSA) is 61.5 Å². The van der Waals surface area contributed by atoms with E-state index < -0.39 is 0 Å². The molecule has 5 nitrogen and oxygen atoms in total. The summed E-state index contributed by atoms with van der Waals surface area (Å²) in [4.78, 5) is 3.27. The summed E-state index contributed by atoms with van der Waals surface area (Å²) in [5.74, 6) is -0.232. The highest BCUT2D eigenvalue weighted by atomic mass is 32.1. The van der Waals surface area contributed by atoms with E-state index in [1.807, 2.05) is 54.6 Å². The number of aromatic nitrogens is 1. The molecule has 0 atom stereocenters. The number of nitrogens with one attached hydrogen (secondary N) is 2. The Balaban J connectivity index is 1.73. The van der Waals surface area contributed by atoms with Crippen molar-refractivity contribution >= 4 is 39.3 Å². The SMILES string of the molecule is [C-]#[N+]c1c(O)nsc1Nc1ccc(Nc2ccccc2)cc1. The van der Waals surface area contributed by atoms with Gasteiger partial charge in [-0.25, -0.2) is 4.85 Å². The fourth-order valence-electron chi connectivity index (χ4n) is 1.92. The van der Waals surface area contributed by atoms with E-state index in [1.165, 1.54) is 0 Å². The molecule has 0 saturated carbocycles. The van der Waals surface area contributed by atoms with Crippen LogP contribution in [0, 0.1) is 6.57 Å². The van der Waals surface area contributed by atoms with E-state index >= 15 is 0 Å². The molecule has 3 aromatic rings. The van der Waals surface area contributed by atoms with E-state index in [0.717, 1.165) is 28.6 Å². The smallest absolute Gasteiger partial charge is 0.281 e. The van der Waals surface area contributed by atoms with Crippen LogP contribution < -0.4 is 10.6 Å². The van der Waals surface area contributed by atoms with Crippen molar-refractivity contribution < 1.29 is 5.11 Å². The van der Waals surface area contributed by atoms with Crippen LogP contribution in [0.2, 0.25) is 0 Å². The quantitative estimate of drug-likeness (QED) is 0.601. The third kappa shape index (κ3) is 3.00. The molecule has 0 bridgehead atoms. The molecule has 0 fully saturated rings. The van der Waals surface area contributed by atoms with Crippen LogP contribution in [0.15, 0.2) is 54.6 Å². The minimum absolute atomic E-state index is 0.150. The maximum atomic E-state index is 9.45. The molecule has 2 aromatic carbocycles. The van der Waals surface area contributed by atoms with Crippen LogP contribution in [0.25, 0.3) is 4.85 Å². The molecule has 1 aromatic heterocycles. The predicted octanol–water partition coefficient (Wildman–Crippen LogP) is 4.89. The average molecular weight is 308 g/mol. The second kappa shape index (κ2) is 6.16. The largest absolute Gasteiger partial charge is 0.501 e. The Morgan fingerprint density at radius 1 is 0.909 bits per heavy atom. The summed E-state index contributed by atoms with van der Waals surface area (Å²) in [5, 5.41) is 16.4. The standard InChI is InChI=1S/C16H12N4OS/c1-17-14-15(21)20-22-16(14)19-13-9-7-12(8-10-13)18-11-5-3-2-4-6-11/h2-10,18-19H,(H,20,21). The van der Waals surface area contributed by atoms with Gasteiger partial charge >= 0.3 is 0 Å². The number of anilines is 4. The van der Waals surface area contributed by atoms with Crippen molar-refractivity contribution in [3.8, 4) is 5.88 Å². The summed E-state index contributed by atoms with van der Waals surface area (Å²) in [7, 11) is 0. The van der Waals surface area contributed by atoms with Gasteiger partial charge in [-0.2, -0.15) is 4.37 Å². The van der Waals surface area contributed by atoms with Crippen LogP contribution in [0.4, 0.5) is 27.8 Å². The van der Waals surface area contributed by atoms with Gasteiger partial charge in [-0.3, -0.25) is 0 Å². The summed E-state index contributed by atoms with van der Waals surface area (Å²) in [5.41, 5.74) is 2.96. The zero-order valence-electron chi connectivity index (χ0n) is 11.4. The minimum atomic E-state index is -0.232. The van der Waals surface area contributed by atoms with Crippen LogP contribution in [0.5, 0.6) is 5.88 Å². The van der Waals surface area contributed by atoms with Gasteiger partial charge in [0, 0.05) is 17.1 Å². The molecule has 0 aliphatic heterocycles. The first-order valence-corrected chi connectivity index (χ1v) is 7.29. The van der Waals surface area contributed by atoms with Crippen LogP contribution in [0.3, 0.4) is 0 Å². The lowest BCUT2D eigenvalue weighted by Gasteiger charge is -2.08. The predicted molar refractivity (Wildman–Crippen MR) is 89.5 cm³/mol. The molecular formula is C16H12N4OS. The van der Waals surface area contributed by atoms with Gasteiger partial charge in [0.25, 0.3) is 5.69 Å². The fourth-order valence-corrected chi connectivity index (χ4v) is 2.57. The maximum absolute atomic E-state index is 9.45. The minimum Gasteiger partial charge on any atom is -0.501 e. The summed E-state index contributed by atoms with van der Waals surface area (Å²) < 4.78 is 3.77. The van der Waals surface area contributed by atoms with Gasteiger partial charge in [0.15, 0.2) is 0 Å². The Kier molecular flexibility index (Phi) is 3.90. The highest BCUT2D eigenvalue weighted by Gasteiger charge is 2.12. The Hall–Kier alpha value is -3.04. The van der Waals surface area contributed by atoms with Crippen molar-refractivity contribution in [1.29, 1.82) is 0 Å². The van der Waals surface area contributed by atoms with Gasteiger partial charge in [0.1, 0.15) is 5.00 Å². The van der Waals surface area contributed by atoms with E-state index in [0.29, 0.717) is 5.00 Å². The van der Waals surface area contributed by atoms with Gasteiger partial charge in [-0.1, -0.05) is 18.2 Å². The second-order valence-electron chi connectivity index (χ2n) is 4.49. The van der Waals surface area contributed by atoms with Crippen LogP contribution in [0.1, 0.15) is 0 Å². The van der Waals surface area contributed by atoms with E-state index in [1.54, 1.807) is 0 Å². The van der Waals surface area contributed by atoms with Crippen molar-refractivity contribution in [2.75, 3.05) is 10.6 Å². The number of rotatable bonds is 4. The summed E-state index contributed by atoms with van der Waals surface area (Å²) in [6.07, 6.45) is 0. The van der Waals surface area contributed by atoms with Gasteiger partial charge < -0.3 is 15.7 Å². The van der Waals surface area contributed by atoms with Crippen LogP contribution >= 0.6 is 11.5 Å². The molecule has 0 aliphatic rings. The molecule has 0 radical (unpaired) electrons. The van der Waals surface area contributed by atoms with Crippen LogP contribution in [-0.4, -0.2) is 9.48 Å².